The van der Waals surface area contributed by atoms with Gasteiger partial charge < -0.3 is 19.2 Å². The van der Waals surface area contributed by atoms with Crippen molar-refractivity contribution in [2.45, 2.75) is 6.92 Å². The highest BCUT2D eigenvalue weighted by Gasteiger charge is 2.24. The van der Waals surface area contributed by atoms with Gasteiger partial charge in [-0.15, -0.1) is 0 Å². The molecule has 2 aromatic heterocycles. The minimum absolute atomic E-state index is 0.0335. The topological polar surface area (TPSA) is 151 Å². The molecular formula is C33H23BrFN5O7. The van der Waals surface area contributed by atoms with Crippen LogP contribution in [0, 0.1) is 15.9 Å². The molecule has 0 saturated carbocycles. The summed E-state index contributed by atoms with van der Waals surface area (Å²) in [6.07, 6.45) is 1.25. The van der Waals surface area contributed by atoms with Gasteiger partial charge in [-0.2, -0.15) is 9.78 Å². The molecule has 0 aliphatic heterocycles. The Hall–Kier alpha value is -5.89. The van der Waals surface area contributed by atoms with Crippen molar-refractivity contribution in [3.8, 4) is 23.1 Å². The van der Waals surface area contributed by atoms with E-state index in [1.165, 1.54) is 36.5 Å². The number of carbonyl (C=O) groups excluding carboxylic acids is 1. The van der Waals surface area contributed by atoms with Crippen molar-refractivity contribution in [2.24, 2.45) is 5.10 Å². The zero-order valence-electron chi connectivity index (χ0n) is 24.5. The van der Waals surface area contributed by atoms with Gasteiger partial charge in [-0.05, 0) is 67.6 Å². The van der Waals surface area contributed by atoms with Crippen LogP contribution in [-0.2, 0) is 4.79 Å². The lowest BCUT2D eigenvalue weighted by atomic mass is 10.2. The summed E-state index contributed by atoms with van der Waals surface area (Å²) in [5.74, 6) is -1.15. The quantitative estimate of drug-likeness (QED) is 0.0919. The van der Waals surface area contributed by atoms with E-state index in [0.29, 0.717) is 16.5 Å². The number of aromatic nitrogens is 2. The molecular weight excluding hydrogens is 677 g/mol. The number of rotatable bonds is 10. The average molecular weight is 700 g/mol. The first-order valence-electron chi connectivity index (χ1n) is 14.1. The predicted octanol–water partition coefficient (Wildman–Crippen LogP) is 6.92. The number of hydrogen-bond acceptors (Lipinski definition) is 9. The lowest BCUT2D eigenvalue weighted by Gasteiger charge is -2.13. The number of anilines is 1. The molecule has 1 N–H and O–H groups in total. The van der Waals surface area contributed by atoms with Crippen LogP contribution in [0.25, 0.3) is 33.5 Å². The summed E-state index contributed by atoms with van der Waals surface area (Å²) in [6.45, 7) is 1.16. The van der Waals surface area contributed by atoms with Crippen LogP contribution in [0.3, 0.4) is 0 Å². The maximum Gasteiger partial charge on any atom is 0.315 e. The molecule has 2 heterocycles. The second kappa shape index (κ2) is 13.2. The number of fused-ring (bicyclic) bond motifs is 2. The SMILES string of the molecule is CCOc1cc(C=Nn2c(-c3cc4cc(Br)ccc4o3)nc3ccccc3c2=O)cc([N+](=O)[O-])c1OCC(=O)Nc1cccc(F)c1. The number of halogens is 2. The first-order valence-corrected chi connectivity index (χ1v) is 14.9. The molecule has 236 valence electrons. The Kier molecular flexibility index (Phi) is 8.75. The van der Waals surface area contributed by atoms with Gasteiger partial charge in [0.15, 0.2) is 18.1 Å². The van der Waals surface area contributed by atoms with Crippen LogP contribution < -0.4 is 20.3 Å². The second-order valence-electron chi connectivity index (χ2n) is 10.0. The van der Waals surface area contributed by atoms with Gasteiger partial charge in [0, 0.05) is 27.2 Å². The zero-order valence-corrected chi connectivity index (χ0v) is 26.1. The van der Waals surface area contributed by atoms with Gasteiger partial charge in [0.25, 0.3) is 11.5 Å². The highest BCUT2D eigenvalue weighted by molar-refractivity contribution is 9.10. The van der Waals surface area contributed by atoms with E-state index in [2.05, 4.69) is 31.3 Å². The van der Waals surface area contributed by atoms with Crippen LogP contribution in [0.15, 0.2) is 104 Å². The van der Waals surface area contributed by atoms with Crippen molar-refractivity contribution >= 4 is 61.3 Å². The summed E-state index contributed by atoms with van der Waals surface area (Å²) in [5.41, 5.74) is 0.376. The van der Waals surface area contributed by atoms with E-state index in [9.17, 15) is 24.1 Å². The van der Waals surface area contributed by atoms with Crippen molar-refractivity contribution in [2.75, 3.05) is 18.5 Å². The van der Waals surface area contributed by atoms with Gasteiger partial charge in [-0.3, -0.25) is 19.7 Å². The van der Waals surface area contributed by atoms with E-state index in [4.69, 9.17) is 13.9 Å². The van der Waals surface area contributed by atoms with Gasteiger partial charge in [0.05, 0.1) is 28.6 Å². The largest absolute Gasteiger partial charge is 0.490 e. The molecule has 6 aromatic rings. The smallest absolute Gasteiger partial charge is 0.315 e. The van der Waals surface area contributed by atoms with E-state index < -0.39 is 34.5 Å². The number of nitro benzene ring substituents is 1. The number of carbonyl (C=O) groups is 1. The fourth-order valence-corrected chi connectivity index (χ4v) is 5.15. The summed E-state index contributed by atoms with van der Waals surface area (Å²) in [7, 11) is 0. The molecule has 0 saturated heterocycles. The molecule has 0 bridgehead atoms. The third-order valence-corrected chi connectivity index (χ3v) is 7.28. The Bertz CT molecular complexity index is 2270. The van der Waals surface area contributed by atoms with Crippen LogP contribution >= 0.6 is 15.9 Å². The number of nitro groups is 1. The molecule has 0 unspecified atom stereocenters. The zero-order chi connectivity index (χ0) is 33.1. The number of nitrogens with zero attached hydrogens (tertiary/aromatic N) is 4. The van der Waals surface area contributed by atoms with Crippen LogP contribution in [0.1, 0.15) is 12.5 Å². The number of ether oxygens (including phenoxy) is 2. The molecule has 0 atom stereocenters. The summed E-state index contributed by atoms with van der Waals surface area (Å²) in [5, 5.41) is 20.0. The molecule has 12 nitrogen and oxygen atoms in total. The maximum absolute atomic E-state index is 13.7. The molecule has 0 aliphatic carbocycles. The Morgan fingerprint density at radius 1 is 1.11 bits per heavy atom. The van der Waals surface area contributed by atoms with E-state index in [-0.39, 0.29) is 40.9 Å². The van der Waals surface area contributed by atoms with Gasteiger partial charge in [0.1, 0.15) is 11.4 Å². The number of benzene rings is 4. The van der Waals surface area contributed by atoms with Gasteiger partial charge >= 0.3 is 5.69 Å². The number of amides is 1. The summed E-state index contributed by atoms with van der Waals surface area (Å²) in [6, 6.07) is 21.8. The van der Waals surface area contributed by atoms with Crippen molar-refractivity contribution in [1.29, 1.82) is 0 Å². The monoisotopic (exact) mass is 699 g/mol. The summed E-state index contributed by atoms with van der Waals surface area (Å²) in [4.78, 5) is 42.2. The Balaban J connectivity index is 1.38. The van der Waals surface area contributed by atoms with Crippen molar-refractivity contribution < 1.29 is 28.0 Å². The molecule has 0 spiro atoms. The van der Waals surface area contributed by atoms with Crippen molar-refractivity contribution in [1.82, 2.24) is 9.66 Å². The van der Waals surface area contributed by atoms with E-state index in [1.807, 2.05) is 12.1 Å². The van der Waals surface area contributed by atoms with Crippen molar-refractivity contribution in [3.05, 3.63) is 121 Å². The molecule has 0 fully saturated rings. The number of hydrogen-bond donors (Lipinski definition) is 1. The van der Waals surface area contributed by atoms with Gasteiger partial charge in [-0.1, -0.05) is 34.1 Å². The van der Waals surface area contributed by atoms with E-state index in [1.54, 1.807) is 43.3 Å². The Morgan fingerprint density at radius 2 is 1.94 bits per heavy atom. The normalized spacial score (nSPS) is 11.3. The first kappa shape index (κ1) is 31.1. The highest BCUT2D eigenvalue weighted by atomic mass is 79.9. The fourth-order valence-electron chi connectivity index (χ4n) is 4.77. The lowest BCUT2D eigenvalue weighted by Crippen LogP contribution is -2.21. The second-order valence-corrected chi connectivity index (χ2v) is 10.9. The molecule has 0 radical (unpaired) electrons. The average Bonchev–Trinajstić information content (AvgIpc) is 3.47. The Morgan fingerprint density at radius 3 is 2.72 bits per heavy atom. The standard InChI is InChI=1S/C33H23BrFN5O7/c1-2-45-28-13-19(12-26(40(43)44)31(28)46-18-30(41)37-23-7-5-6-22(35)16-23)17-36-39-32(38-25-9-4-3-8-24(25)33(39)42)29-15-20-14-21(34)10-11-27(20)47-29/h3-17H,2,18H2,1H3,(H,37,41). The van der Waals surface area contributed by atoms with Gasteiger partial charge in [-0.25, -0.2) is 9.37 Å². The lowest BCUT2D eigenvalue weighted by molar-refractivity contribution is -0.385. The van der Waals surface area contributed by atoms with E-state index in [0.717, 1.165) is 20.6 Å². The maximum atomic E-state index is 13.7. The van der Waals surface area contributed by atoms with E-state index >= 15 is 0 Å². The highest BCUT2D eigenvalue weighted by Crippen LogP contribution is 2.38. The predicted molar refractivity (Wildman–Crippen MR) is 177 cm³/mol. The number of furan rings is 1. The molecule has 4 aromatic carbocycles. The minimum atomic E-state index is -0.693. The van der Waals surface area contributed by atoms with Crippen molar-refractivity contribution in [3.63, 3.8) is 0 Å². The first-order chi connectivity index (χ1) is 22.7. The third-order valence-electron chi connectivity index (χ3n) is 6.78. The minimum Gasteiger partial charge on any atom is -0.490 e. The Labute approximate surface area is 273 Å². The van der Waals surface area contributed by atoms with Gasteiger partial charge in [0.2, 0.25) is 11.6 Å². The molecule has 6 rings (SSSR count). The molecule has 14 heteroatoms. The third kappa shape index (κ3) is 6.72. The van der Waals surface area contributed by atoms with Crippen LogP contribution in [0.4, 0.5) is 15.8 Å². The summed E-state index contributed by atoms with van der Waals surface area (Å²) >= 11 is 3.44. The molecule has 0 aliphatic rings. The molecule has 1 amide bonds. The van der Waals surface area contributed by atoms with Crippen LogP contribution in [0.2, 0.25) is 0 Å². The molecule has 47 heavy (non-hydrogen) atoms. The van der Waals surface area contributed by atoms with Crippen LogP contribution in [-0.4, -0.2) is 39.9 Å². The number of nitrogens with one attached hydrogen (secondary N) is 1. The fraction of sp³-hybridized carbons (Fsp3) is 0.0909. The van der Waals surface area contributed by atoms with Crippen LogP contribution in [0.5, 0.6) is 11.5 Å². The number of para-hydroxylation sites is 1. The summed E-state index contributed by atoms with van der Waals surface area (Å²) < 4.78 is 32.6.